The number of nitrogens with one attached hydrogen (secondary N) is 1. The van der Waals surface area contributed by atoms with Crippen LogP contribution in [0.2, 0.25) is 0 Å². The van der Waals surface area contributed by atoms with Crippen molar-refractivity contribution >= 4 is 0 Å². The van der Waals surface area contributed by atoms with Gasteiger partial charge in [-0.15, -0.1) is 0 Å². The fraction of sp³-hybridized carbons (Fsp3) is 0.647. The molecule has 0 saturated carbocycles. The molecule has 0 spiro atoms. The first-order valence-corrected chi connectivity index (χ1v) is 7.54. The summed E-state index contributed by atoms with van der Waals surface area (Å²) in [6.07, 6.45) is 6.35. The van der Waals surface area contributed by atoms with Gasteiger partial charge >= 0.3 is 0 Å². The van der Waals surface area contributed by atoms with Crippen molar-refractivity contribution in [3.8, 4) is 5.75 Å². The highest BCUT2D eigenvalue weighted by Crippen LogP contribution is 2.32. The predicted octanol–water partition coefficient (Wildman–Crippen LogP) is 3.80. The number of piperidine rings is 1. The van der Waals surface area contributed by atoms with Crippen LogP contribution in [0, 0.1) is 5.92 Å². The molecule has 1 aromatic carbocycles. The first kappa shape index (κ1) is 14.4. The molecule has 1 heterocycles. The van der Waals surface area contributed by atoms with Gasteiger partial charge in [0.15, 0.2) is 0 Å². The van der Waals surface area contributed by atoms with Gasteiger partial charge in [0.05, 0.1) is 7.11 Å². The minimum absolute atomic E-state index is 0.335. The largest absolute Gasteiger partial charge is 0.497 e. The number of hydrogen-bond donors (Lipinski definition) is 1. The second kappa shape index (κ2) is 6.42. The van der Waals surface area contributed by atoms with E-state index in [2.05, 4.69) is 37.4 Å². The van der Waals surface area contributed by atoms with Gasteiger partial charge in [-0.25, -0.2) is 0 Å². The van der Waals surface area contributed by atoms with E-state index in [1.54, 1.807) is 7.11 Å². The number of ether oxygens (including phenoxy) is 1. The molecule has 2 nitrogen and oxygen atoms in total. The maximum absolute atomic E-state index is 5.30. The quantitative estimate of drug-likeness (QED) is 0.870. The molecule has 0 aromatic heterocycles. The van der Waals surface area contributed by atoms with Crippen LogP contribution in [0.4, 0.5) is 0 Å². The number of aryl methyl sites for hydroxylation is 1. The summed E-state index contributed by atoms with van der Waals surface area (Å²) in [7, 11) is 1.73. The van der Waals surface area contributed by atoms with Crippen LogP contribution in [-0.2, 0) is 6.42 Å². The molecule has 1 N–H and O–H groups in total. The fourth-order valence-electron chi connectivity index (χ4n) is 3.18. The average Bonchev–Trinajstić information content (AvgIpc) is 2.46. The Kier molecular flexibility index (Phi) is 4.87. The van der Waals surface area contributed by atoms with Crippen molar-refractivity contribution < 1.29 is 4.74 Å². The highest BCUT2D eigenvalue weighted by molar-refractivity contribution is 5.28. The topological polar surface area (TPSA) is 21.3 Å². The highest BCUT2D eigenvalue weighted by atomic mass is 16.5. The standard InChI is InChI=1S/C17H27NO/c1-14(2)17(10-4-5-12-18-17)11-9-15-7-6-8-16(13-15)19-3/h6-8,13-14,18H,4-5,9-12H2,1-3H3. The van der Waals surface area contributed by atoms with Crippen LogP contribution < -0.4 is 10.1 Å². The summed E-state index contributed by atoms with van der Waals surface area (Å²) in [5.41, 5.74) is 1.72. The third kappa shape index (κ3) is 3.50. The summed E-state index contributed by atoms with van der Waals surface area (Å²) in [5.74, 6) is 1.66. The maximum Gasteiger partial charge on any atom is 0.119 e. The second-order valence-electron chi connectivity index (χ2n) is 6.05. The molecule has 1 saturated heterocycles. The highest BCUT2D eigenvalue weighted by Gasteiger charge is 2.34. The molecule has 19 heavy (non-hydrogen) atoms. The molecule has 106 valence electrons. The molecule has 1 unspecified atom stereocenters. The Hall–Kier alpha value is -1.02. The van der Waals surface area contributed by atoms with E-state index < -0.39 is 0 Å². The number of benzene rings is 1. The number of rotatable bonds is 5. The monoisotopic (exact) mass is 261 g/mol. The lowest BCUT2D eigenvalue weighted by atomic mass is 9.75. The zero-order valence-corrected chi connectivity index (χ0v) is 12.5. The van der Waals surface area contributed by atoms with Crippen LogP contribution in [0.25, 0.3) is 0 Å². The van der Waals surface area contributed by atoms with Crippen molar-refractivity contribution in [3.63, 3.8) is 0 Å². The van der Waals surface area contributed by atoms with Gasteiger partial charge in [-0.2, -0.15) is 0 Å². The van der Waals surface area contributed by atoms with E-state index >= 15 is 0 Å². The molecule has 1 aliphatic heterocycles. The third-order valence-corrected chi connectivity index (χ3v) is 4.63. The number of methoxy groups -OCH3 is 1. The van der Waals surface area contributed by atoms with Crippen molar-refractivity contribution in [2.45, 2.75) is 51.5 Å². The smallest absolute Gasteiger partial charge is 0.119 e. The van der Waals surface area contributed by atoms with Gasteiger partial charge in [0.25, 0.3) is 0 Å². The van der Waals surface area contributed by atoms with Crippen LogP contribution in [-0.4, -0.2) is 19.2 Å². The molecule has 1 atom stereocenters. The van der Waals surface area contributed by atoms with Gasteiger partial charge in [-0.1, -0.05) is 32.4 Å². The molecule has 0 amide bonds. The first-order chi connectivity index (χ1) is 9.16. The molecule has 2 heteroatoms. The zero-order chi connectivity index (χ0) is 13.7. The minimum atomic E-state index is 0.335. The summed E-state index contributed by atoms with van der Waals surface area (Å²) in [6.45, 7) is 5.88. The number of hydrogen-bond acceptors (Lipinski definition) is 2. The van der Waals surface area contributed by atoms with Gasteiger partial charge in [-0.3, -0.25) is 0 Å². The van der Waals surface area contributed by atoms with Gasteiger partial charge < -0.3 is 10.1 Å². The van der Waals surface area contributed by atoms with Crippen molar-refractivity contribution in [2.24, 2.45) is 5.92 Å². The molecular weight excluding hydrogens is 234 g/mol. The minimum Gasteiger partial charge on any atom is -0.497 e. The first-order valence-electron chi connectivity index (χ1n) is 7.54. The molecule has 1 aromatic rings. The molecule has 1 aliphatic rings. The molecule has 1 fully saturated rings. The van der Waals surface area contributed by atoms with E-state index in [4.69, 9.17) is 4.74 Å². The zero-order valence-electron chi connectivity index (χ0n) is 12.5. The van der Waals surface area contributed by atoms with Crippen LogP contribution in [0.5, 0.6) is 5.75 Å². The molecule has 2 rings (SSSR count). The van der Waals surface area contributed by atoms with Crippen LogP contribution in [0.15, 0.2) is 24.3 Å². The van der Waals surface area contributed by atoms with Gasteiger partial charge in [0, 0.05) is 5.54 Å². The van der Waals surface area contributed by atoms with Gasteiger partial charge in [0.2, 0.25) is 0 Å². The normalized spacial score (nSPS) is 23.6. The van der Waals surface area contributed by atoms with Crippen molar-refractivity contribution in [1.82, 2.24) is 5.32 Å². The summed E-state index contributed by atoms with van der Waals surface area (Å²) >= 11 is 0. The lowest BCUT2D eigenvalue weighted by Gasteiger charge is -2.42. The summed E-state index contributed by atoms with van der Waals surface area (Å²) < 4.78 is 5.30. The lowest BCUT2D eigenvalue weighted by Crippen LogP contribution is -2.52. The van der Waals surface area contributed by atoms with Crippen molar-refractivity contribution in [3.05, 3.63) is 29.8 Å². The van der Waals surface area contributed by atoms with E-state index in [-0.39, 0.29) is 0 Å². The van der Waals surface area contributed by atoms with Crippen molar-refractivity contribution in [1.29, 1.82) is 0 Å². The Labute approximate surface area is 117 Å². The molecule has 0 radical (unpaired) electrons. The van der Waals surface area contributed by atoms with Crippen LogP contribution in [0.3, 0.4) is 0 Å². The third-order valence-electron chi connectivity index (χ3n) is 4.63. The van der Waals surface area contributed by atoms with Gasteiger partial charge in [0.1, 0.15) is 5.75 Å². The van der Waals surface area contributed by atoms with E-state index in [9.17, 15) is 0 Å². The molecule has 0 aliphatic carbocycles. The van der Waals surface area contributed by atoms with E-state index in [0.717, 1.165) is 12.2 Å². The predicted molar refractivity (Wildman–Crippen MR) is 80.7 cm³/mol. The maximum atomic E-state index is 5.30. The van der Waals surface area contributed by atoms with E-state index in [1.165, 1.54) is 37.8 Å². The van der Waals surface area contributed by atoms with Gasteiger partial charge in [-0.05, 0) is 55.8 Å². The lowest BCUT2D eigenvalue weighted by molar-refractivity contribution is 0.170. The Morgan fingerprint density at radius 1 is 1.32 bits per heavy atom. The van der Waals surface area contributed by atoms with Crippen molar-refractivity contribution in [2.75, 3.05) is 13.7 Å². The Bertz CT molecular complexity index is 394. The SMILES string of the molecule is COc1cccc(CCC2(C(C)C)CCCCN2)c1. The summed E-state index contributed by atoms with van der Waals surface area (Å²) in [6, 6.07) is 8.47. The Morgan fingerprint density at radius 3 is 2.79 bits per heavy atom. The Morgan fingerprint density at radius 2 is 2.16 bits per heavy atom. The fourth-order valence-corrected chi connectivity index (χ4v) is 3.18. The average molecular weight is 261 g/mol. The van der Waals surface area contributed by atoms with Crippen LogP contribution >= 0.6 is 0 Å². The summed E-state index contributed by atoms with van der Waals surface area (Å²) in [4.78, 5) is 0. The summed E-state index contributed by atoms with van der Waals surface area (Å²) in [5, 5.41) is 3.80. The van der Waals surface area contributed by atoms with E-state index in [0.29, 0.717) is 11.5 Å². The van der Waals surface area contributed by atoms with Crippen LogP contribution in [0.1, 0.15) is 45.1 Å². The molecule has 0 bridgehead atoms. The Balaban J connectivity index is 2.02. The molecular formula is C17H27NO. The second-order valence-corrected chi connectivity index (χ2v) is 6.05. The van der Waals surface area contributed by atoms with E-state index in [1.807, 2.05) is 6.07 Å².